The molecule has 8 aromatic carbocycles. The molecule has 0 amide bonds. The first-order chi connectivity index (χ1) is 25.3. The van der Waals surface area contributed by atoms with E-state index in [0.29, 0.717) is 5.95 Å². The Bertz CT molecular complexity index is 3440. The fourth-order valence-corrected chi connectivity index (χ4v) is 10.9. The van der Waals surface area contributed by atoms with Gasteiger partial charge in [0.1, 0.15) is 0 Å². The lowest BCUT2D eigenvalue weighted by molar-refractivity contribution is 1.01. The number of nitrogens with zero attached hydrogens (tertiary/aromatic N) is 3. The lowest BCUT2D eigenvalue weighted by Crippen LogP contribution is -2.03. The van der Waals surface area contributed by atoms with Gasteiger partial charge in [0.15, 0.2) is 0 Å². The SMILES string of the molecule is c1ccc2c(c1)cc(-c1nc(-n3c4ccc5ccccc5c4c4c5sc6ccccc6c5ccc43)nc3ccccc13)c1sc3ccccc3c12. The van der Waals surface area contributed by atoms with E-state index < -0.39 is 0 Å². The first-order valence-electron chi connectivity index (χ1n) is 17.2. The van der Waals surface area contributed by atoms with Crippen molar-refractivity contribution in [1.29, 1.82) is 0 Å². The van der Waals surface area contributed by atoms with Crippen molar-refractivity contribution in [1.82, 2.24) is 14.5 Å². The topological polar surface area (TPSA) is 30.7 Å². The van der Waals surface area contributed by atoms with E-state index in [2.05, 4.69) is 156 Å². The first-order valence-corrected chi connectivity index (χ1v) is 18.8. The summed E-state index contributed by atoms with van der Waals surface area (Å²) in [6, 6.07) is 54.9. The minimum atomic E-state index is 0.682. The highest BCUT2D eigenvalue weighted by atomic mass is 32.1. The van der Waals surface area contributed by atoms with Crippen LogP contribution in [-0.2, 0) is 0 Å². The number of fused-ring (bicyclic) bond motifs is 15. The normalized spacial score (nSPS) is 12.3. The largest absolute Gasteiger partial charge is 0.278 e. The third-order valence-corrected chi connectivity index (χ3v) is 13.0. The van der Waals surface area contributed by atoms with E-state index in [-0.39, 0.29) is 0 Å². The molecule has 4 aromatic heterocycles. The molecule has 51 heavy (non-hydrogen) atoms. The summed E-state index contributed by atoms with van der Waals surface area (Å²) in [5.41, 5.74) is 5.26. The van der Waals surface area contributed by atoms with Crippen LogP contribution in [0.4, 0.5) is 0 Å². The minimum Gasteiger partial charge on any atom is -0.278 e. The summed E-state index contributed by atoms with van der Waals surface area (Å²) in [6.07, 6.45) is 0. The molecule has 0 spiro atoms. The molecular weight excluding hydrogens is 659 g/mol. The van der Waals surface area contributed by atoms with Gasteiger partial charge in [-0.3, -0.25) is 4.57 Å². The van der Waals surface area contributed by atoms with Gasteiger partial charge in [0.2, 0.25) is 5.95 Å². The third kappa shape index (κ3) is 3.77. The van der Waals surface area contributed by atoms with E-state index in [4.69, 9.17) is 9.97 Å². The molecule has 0 aliphatic heterocycles. The number of thiophene rings is 2. The molecule has 0 atom stereocenters. The fourth-order valence-electron chi connectivity index (χ4n) is 8.38. The highest BCUT2D eigenvalue weighted by Gasteiger charge is 2.23. The van der Waals surface area contributed by atoms with Gasteiger partial charge in [0.05, 0.1) is 22.2 Å². The standard InChI is InChI=1S/C46H25N3S2/c1-3-13-28-26(11-1)21-23-36-41(28)42-37(24-22-31-30-15-6-9-19-38(30)50-44(31)42)49(36)46-47-35-18-8-5-16-32(35)43(48-46)34-25-27-12-2-4-14-29(27)40-33-17-7-10-20-39(33)51-45(34)40/h1-25H. The highest BCUT2D eigenvalue weighted by Crippen LogP contribution is 2.47. The monoisotopic (exact) mass is 683 g/mol. The van der Waals surface area contributed by atoms with Crippen LogP contribution >= 0.6 is 22.7 Å². The van der Waals surface area contributed by atoms with Crippen molar-refractivity contribution in [3.8, 4) is 17.2 Å². The molecule has 0 aliphatic carbocycles. The van der Waals surface area contributed by atoms with E-state index in [1.54, 1.807) is 0 Å². The Hall–Kier alpha value is -6.14. The molecule has 0 bridgehead atoms. The maximum absolute atomic E-state index is 5.61. The van der Waals surface area contributed by atoms with Gasteiger partial charge in [0.25, 0.3) is 0 Å². The van der Waals surface area contributed by atoms with Crippen LogP contribution in [0.25, 0.3) is 112 Å². The van der Waals surface area contributed by atoms with E-state index >= 15 is 0 Å². The van der Waals surface area contributed by atoms with Crippen LogP contribution in [0.2, 0.25) is 0 Å². The Morgan fingerprint density at radius 3 is 1.86 bits per heavy atom. The summed E-state index contributed by atoms with van der Waals surface area (Å²) >= 11 is 3.73. The number of rotatable bonds is 2. The molecule has 0 unspecified atom stereocenters. The average Bonchev–Trinajstić information content (AvgIpc) is 3.87. The van der Waals surface area contributed by atoms with Crippen LogP contribution in [-0.4, -0.2) is 14.5 Å². The number of benzene rings is 8. The summed E-state index contributed by atoms with van der Waals surface area (Å²) in [6.45, 7) is 0. The molecule has 4 heterocycles. The fraction of sp³-hybridized carbons (Fsp3) is 0. The van der Waals surface area contributed by atoms with Crippen molar-refractivity contribution in [3.05, 3.63) is 152 Å². The van der Waals surface area contributed by atoms with Gasteiger partial charge >= 0.3 is 0 Å². The Morgan fingerprint density at radius 1 is 0.412 bits per heavy atom. The lowest BCUT2D eigenvalue weighted by Gasteiger charge is -2.13. The lowest BCUT2D eigenvalue weighted by atomic mass is 9.97. The number of hydrogen-bond acceptors (Lipinski definition) is 4. The van der Waals surface area contributed by atoms with Crippen molar-refractivity contribution in [2.75, 3.05) is 0 Å². The summed E-state index contributed by atoms with van der Waals surface area (Å²) < 4.78 is 7.45. The average molecular weight is 684 g/mol. The molecule has 12 aromatic rings. The molecule has 0 radical (unpaired) electrons. The highest BCUT2D eigenvalue weighted by molar-refractivity contribution is 7.27. The summed E-state index contributed by atoms with van der Waals surface area (Å²) in [4.78, 5) is 11.0. The van der Waals surface area contributed by atoms with Gasteiger partial charge < -0.3 is 0 Å². The van der Waals surface area contributed by atoms with Gasteiger partial charge in [-0.15, -0.1) is 22.7 Å². The summed E-state index contributed by atoms with van der Waals surface area (Å²) in [5, 5.41) is 13.7. The summed E-state index contributed by atoms with van der Waals surface area (Å²) in [5.74, 6) is 0.682. The van der Waals surface area contributed by atoms with Crippen molar-refractivity contribution in [2.24, 2.45) is 0 Å². The molecule has 0 saturated carbocycles. The van der Waals surface area contributed by atoms with Gasteiger partial charge in [-0.1, -0.05) is 115 Å². The van der Waals surface area contributed by atoms with Gasteiger partial charge in [0, 0.05) is 62.1 Å². The molecule has 5 heteroatoms. The molecule has 12 rings (SSSR count). The van der Waals surface area contributed by atoms with Crippen LogP contribution in [0.1, 0.15) is 0 Å². The van der Waals surface area contributed by atoms with Gasteiger partial charge in [-0.05, 0) is 57.9 Å². The molecule has 236 valence electrons. The second-order valence-corrected chi connectivity index (χ2v) is 15.4. The molecule has 0 aliphatic rings. The molecule has 0 N–H and O–H groups in total. The van der Waals surface area contributed by atoms with Crippen LogP contribution in [0.5, 0.6) is 0 Å². The Labute approximate surface area is 299 Å². The Balaban J connectivity index is 1.25. The zero-order valence-corrected chi connectivity index (χ0v) is 28.7. The smallest absolute Gasteiger partial charge is 0.235 e. The molecular formula is C46H25N3S2. The minimum absolute atomic E-state index is 0.682. The number of hydrogen-bond donors (Lipinski definition) is 0. The molecule has 0 saturated heterocycles. The van der Waals surface area contributed by atoms with Crippen LogP contribution in [0.15, 0.2) is 152 Å². The second kappa shape index (κ2) is 10.2. The zero-order chi connectivity index (χ0) is 33.2. The van der Waals surface area contributed by atoms with Crippen LogP contribution < -0.4 is 0 Å². The van der Waals surface area contributed by atoms with Gasteiger partial charge in [-0.2, -0.15) is 0 Å². The van der Waals surface area contributed by atoms with Gasteiger partial charge in [-0.25, -0.2) is 9.97 Å². The Morgan fingerprint density at radius 2 is 1.02 bits per heavy atom. The molecule has 3 nitrogen and oxygen atoms in total. The van der Waals surface area contributed by atoms with E-state index in [1.165, 1.54) is 72.7 Å². The van der Waals surface area contributed by atoms with Crippen LogP contribution in [0, 0.1) is 0 Å². The van der Waals surface area contributed by atoms with E-state index in [0.717, 1.165) is 33.2 Å². The predicted octanol–water partition coefficient (Wildman–Crippen LogP) is 13.4. The van der Waals surface area contributed by atoms with Crippen molar-refractivity contribution < 1.29 is 0 Å². The maximum Gasteiger partial charge on any atom is 0.235 e. The third-order valence-electron chi connectivity index (χ3n) is 10.6. The quantitative estimate of drug-likeness (QED) is 0.182. The van der Waals surface area contributed by atoms with Crippen molar-refractivity contribution in [3.63, 3.8) is 0 Å². The second-order valence-electron chi connectivity index (χ2n) is 13.3. The zero-order valence-electron chi connectivity index (χ0n) is 27.1. The number of aromatic nitrogens is 3. The van der Waals surface area contributed by atoms with Crippen molar-refractivity contribution >= 4 is 117 Å². The van der Waals surface area contributed by atoms with Crippen LogP contribution in [0.3, 0.4) is 0 Å². The molecule has 0 fully saturated rings. The Kier molecular flexibility index (Phi) is 5.53. The maximum atomic E-state index is 5.61. The first kappa shape index (κ1) is 27.7. The van der Waals surface area contributed by atoms with E-state index in [9.17, 15) is 0 Å². The summed E-state index contributed by atoms with van der Waals surface area (Å²) in [7, 11) is 0. The van der Waals surface area contributed by atoms with Crippen molar-refractivity contribution in [2.45, 2.75) is 0 Å². The van der Waals surface area contributed by atoms with E-state index in [1.807, 2.05) is 22.7 Å². The number of para-hydroxylation sites is 1. The predicted molar refractivity (Wildman–Crippen MR) is 220 cm³/mol.